The molecule has 31 heavy (non-hydrogen) atoms. The van der Waals surface area contributed by atoms with E-state index in [9.17, 15) is 13.2 Å². The predicted octanol–water partition coefficient (Wildman–Crippen LogP) is 4.16. The van der Waals surface area contributed by atoms with E-state index in [1.165, 1.54) is 6.07 Å². The minimum atomic E-state index is -3.80. The molecule has 0 fully saturated rings. The summed E-state index contributed by atoms with van der Waals surface area (Å²) >= 11 is 1.04. The van der Waals surface area contributed by atoms with Crippen molar-refractivity contribution in [1.82, 2.24) is 9.29 Å². The van der Waals surface area contributed by atoms with Crippen molar-refractivity contribution in [2.45, 2.75) is 24.4 Å². The average molecular weight is 455 g/mol. The van der Waals surface area contributed by atoms with Crippen molar-refractivity contribution in [3.05, 3.63) is 93.6 Å². The molecule has 0 radical (unpaired) electrons. The Morgan fingerprint density at radius 1 is 1.03 bits per heavy atom. The molecule has 1 N–H and O–H groups in total. The summed E-state index contributed by atoms with van der Waals surface area (Å²) in [5.41, 5.74) is 2.47. The topological polar surface area (TPSA) is 77.4 Å². The first-order chi connectivity index (χ1) is 14.9. The Balaban J connectivity index is 1.64. The quantitative estimate of drug-likeness (QED) is 0.455. The van der Waals surface area contributed by atoms with E-state index in [1.54, 1.807) is 36.8 Å². The van der Waals surface area contributed by atoms with Gasteiger partial charge in [-0.15, -0.1) is 0 Å². The fraction of sp³-hybridized carbons (Fsp3) is 0.174. The first-order valence-corrected chi connectivity index (χ1v) is 12.0. The van der Waals surface area contributed by atoms with Crippen LogP contribution in [-0.4, -0.2) is 20.1 Å². The first kappa shape index (κ1) is 21.3. The van der Waals surface area contributed by atoms with E-state index in [0.29, 0.717) is 17.0 Å². The molecule has 0 amide bonds. The molecule has 6 nitrogen and oxygen atoms in total. The number of thiazole rings is 1. The number of rotatable bonds is 7. The predicted molar refractivity (Wildman–Crippen MR) is 123 cm³/mol. The molecule has 0 saturated heterocycles. The molecular formula is C23H22N2O4S2. The summed E-state index contributed by atoms with van der Waals surface area (Å²) in [5.74, 6) is 0.615. The number of ether oxygens (including phenoxy) is 1. The zero-order valence-corrected chi connectivity index (χ0v) is 18.7. The van der Waals surface area contributed by atoms with Gasteiger partial charge in [-0.25, -0.2) is 13.1 Å². The Labute approximate surface area is 184 Å². The molecule has 0 unspecified atom stereocenters. The summed E-state index contributed by atoms with van der Waals surface area (Å²) in [4.78, 5) is 12.5. The third-order valence-corrected chi connectivity index (χ3v) is 7.55. The number of benzene rings is 3. The normalized spacial score (nSPS) is 12.7. The van der Waals surface area contributed by atoms with Gasteiger partial charge >= 0.3 is 4.87 Å². The molecule has 3 aromatic carbocycles. The molecule has 8 heteroatoms. The molecule has 4 aromatic rings. The van der Waals surface area contributed by atoms with Crippen LogP contribution in [-0.2, 0) is 16.6 Å². The van der Waals surface area contributed by atoms with Crippen molar-refractivity contribution >= 4 is 31.6 Å². The monoisotopic (exact) mass is 454 g/mol. The molecule has 0 aliphatic rings. The van der Waals surface area contributed by atoms with Crippen LogP contribution in [0.5, 0.6) is 5.75 Å². The van der Waals surface area contributed by atoms with Crippen LogP contribution < -0.4 is 14.3 Å². The van der Waals surface area contributed by atoms with E-state index in [0.717, 1.165) is 28.0 Å². The van der Waals surface area contributed by atoms with Crippen LogP contribution in [0.3, 0.4) is 0 Å². The Kier molecular flexibility index (Phi) is 5.95. The first-order valence-electron chi connectivity index (χ1n) is 9.71. The van der Waals surface area contributed by atoms with Crippen LogP contribution in [0.1, 0.15) is 24.1 Å². The Hall–Kier alpha value is -2.94. The van der Waals surface area contributed by atoms with Gasteiger partial charge < -0.3 is 4.74 Å². The number of para-hydroxylation sites is 1. The Bertz CT molecular complexity index is 1380. The van der Waals surface area contributed by atoms with Gasteiger partial charge in [0, 0.05) is 11.6 Å². The highest BCUT2D eigenvalue weighted by molar-refractivity contribution is 7.89. The van der Waals surface area contributed by atoms with Gasteiger partial charge in [-0.3, -0.25) is 9.36 Å². The van der Waals surface area contributed by atoms with E-state index in [4.69, 9.17) is 4.74 Å². The van der Waals surface area contributed by atoms with E-state index in [1.807, 2.05) is 48.5 Å². The molecule has 0 aliphatic carbocycles. The fourth-order valence-electron chi connectivity index (χ4n) is 3.52. The van der Waals surface area contributed by atoms with Gasteiger partial charge in [0.05, 0.1) is 28.8 Å². The summed E-state index contributed by atoms with van der Waals surface area (Å²) in [6.45, 7) is 2.21. The lowest BCUT2D eigenvalue weighted by Gasteiger charge is -2.17. The van der Waals surface area contributed by atoms with Crippen LogP contribution in [0.2, 0.25) is 0 Å². The molecular weight excluding hydrogens is 432 g/mol. The SMILES string of the molecule is COc1ccccc1[C@H](C)NS(=O)(=O)c1ccc2c(c1)sc(=O)n2Cc1ccccc1. The smallest absolute Gasteiger partial charge is 0.308 e. The number of hydrogen-bond donors (Lipinski definition) is 1. The van der Waals surface area contributed by atoms with Crippen LogP contribution >= 0.6 is 11.3 Å². The van der Waals surface area contributed by atoms with Crippen molar-refractivity contribution in [3.63, 3.8) is 0 Å². The second-order valence-electron chi connectivity index (χ2n) is 7.15. The Morgan fingerprint density at radius 2 is 1.74 bits per heavy atom. The van der Waals surface area contributed by atoms with Crippen molar-refractivity contribution in [3.8, 4) is 5.75 Å². The second-order valence-corrected chi connectivity index (χ2v) is 9.86. The van der Waals surface area contributed by atoms with E-state index in [2.05, 4.69) is 4.72 Å². The lowest BCUT2D eigenvalue weighted by Crippen LogP contribution is -2.27. The highest BCUT2D eigenvalue weighted by Crippen LogP contribution is 2.27. The molecule has 4 rings (SSSR count). The van der Waals surface area contributed by atoms with Gasteiger partial charge in [0.15, 0.2) is 0 Å². The Morgan fingerprint density at radius 3 is 2.48 bits per heavy atom. The van der Waals surface area contributed by atoms with Gasteiger partial charge in [-0.2, -0.15) is 0 Å². The second kappa shape index (κ2) is 8.66. The van der Waals surface area contributed by atoms with Crippen LogP contribution in [0.4, 0.5) is 0 Å². The molecule has 0 spiro atoms. The average Bonchev–Trinajstić information content (AvgIpc) is 3.08. The number of sulfonamides is 1. The lowest BCUT2D eigenvalue weighted by molar-refractivity contribution is 0.405. The molecule has 0 bridgehead atoms. The van der Waals surface area contributed by atoms with E-state index >= 15 is 0 Å². The van der Waals surface area contributed by atoms with Gasteiger partial charge in [0.1, 0.15) is 5.75 Å². The maximum atomic E-state index is 13.0. The minimum absolute atomic E-state index is 0.120. The zero-order chi connectivity index (χ0) is 22.0. The van der Waals surface area contributed by atoms with Crippen LogP contribution in [0.25, 0.3) is 10.2 Å². The highest BCUT2D eigenvalue weighted by Gasteiger charge is 2.21. The number of nitrogens with one attached hydrogen (secondary N) is 1. The van der Waals surface area contributed by atoms with Crippen molar-refractivity contribution in [2.75, 3.05) is 7.11 Å². The van der Waals surface area contributed by atoms with E-state index in [-0.39, 0.29) is 9.77 Å². The van der Waals surface area contributed by atoms with Crippen molar-refractivity contribution in [2.24, 2.45) is 0 Å². The molecule has 1 aromatic heterocycles. The summed E-state index contributed by atoms with van der Waals surface area (Å²) in [6.07, 6.45) is 0. The summed E-state index contributed by atoms with van der Waals surface area (Å²) in [5, 5.41) is 0. The number of aromatic nitrogens is 1. The molecule has 160 valence electrons. The fourth-order valence-corrected chi connectivity index (χ4v) is 5.77. The summed E-state index contributed by atoms with van der Waals surface area (Å²) in [7, 11) is -2.25. The highest BCUT2D eigenvalue weighted by atomic mass is 32.2. The van der Waals surface area contributed by atoms with Gasteiger partial charge in [0.25, 0.3) is 0 Å². The van der Waals surface area contributed by atoms with E-state index < -0.39 is 16.1 Å². The molecule has 0 saturated carbocycles. The summed E-state index contributed by atoms with van der Waals surface area (Å²) < 4.78 is 36.4. The maximum absolute atomic E-state index is 13.0. The van der Waals surface area contributed by atoms with Gasteiger partial charge in [-0.05, 0) is 36.8 Å². The number of methoxy groups -OCH3 is 1. The summed E-state index contributed by atoms with van der Waals surface area (Å²) in [6, 6.07) is 21.3. The third kappa shape index (κ3) is 4.41. The van der Waals surface area contributed by atoms with Gasteiger partial charge in [-0.1, -0.05) is 59.9 Å². The van der Waals surface area contributed by atoms with Crippen LogP contribution in [0, 0.1) is 0 Å². The largest absolute Gasteiger partial charge is 0.496 e. The third-order valence-electron chi connectivity index (χ3n) is 5.07. The van der Waals surface area contributed by atoms with Crippen molar-refractivity contribution < 1.29 is 13.2 Å². The molecule has 1 heterocycles. The lowest BCUT2D eigenvalue weighted by atomic mass is 10.1. The molecule has 1 atom stereocenters. The standard InChI is InChI=1S/C23H22N2O4S2/c1-16(19-10-6-7-11-21(19)29-2)24-31(27,28)18-12-13-20-22(14-18)30-23(26)25(20)15-17-8-4-3-5-9-17/h3-14,16,24H,15H2,1-2H3/t16-/m0/s1. The van der Waals surface area contributed by atoms with Crippen LogP contribution in [0.15, 0.2) is 82.5 Å². The molecule has 0 aliphatic heterocycles. The minimum Gasteiger partial charge on any atom is -0.496 e. The maximum Gasteiger partial charge on any atom is 0.308 e. The number of fused-ring (bicyclic) bond motifs is 1. The number of nitrogens with zero attached hydrogens (tertiary/aromatic N) is 1. The van der Waals surface area contributed by atoms with Crippen molar-refractivity contribution in [1.29, 1.82) is 0 Å². The number of hydrogen-bond acceptors (Lipinski definition) is 5. The van der Waals surface area contributed by atoms with Gasteiger partial charge in [0.2, 0.25) is 10.0 Å². The zero-order valence-electron chi connectivity index (χ0n) is 17.1.